The first-order valence-corrected chi connectivity index (χ1v) is 22.1. The zero-order chi connectivity index (χ0) is 31.0. The van der Waals surface area contributed by atoms with Gasteiger partial charge in [-0.15, -0.1) is 0 Å². The molecule has 0 heterocycles. The molecule has 0 aromatic heterocycles. The van der Waals surface area contributed by atoms with Crippen LogP contribution in [0.2, 0.25) is 0 Å². The average molecular weight is 691 g/mol. The fourth-order valence-electron chi connectivity index (χ4n) is 3.73. The summed E-state index contributed by atoms with van der Waals surface area (Å²) in [6.07, 6.45) is 12.5. The molecule has 8 nitrogen and oxygen atoms in total. The molecule has 0 aliphatic carbocycles. The summed E-state index contributed by atoms with van der Waals surface area (Å²) in [4.78, 5) is 0. The van der Waals surface area contributed by atoms with Gasteiger partial charge in [-0.05, 0) is 0 Å². The molecule has 0 spiro atoms. The first-order valence-electron chi connectivity index (χ1n) is 17.0. The third-order valence-corrected chi connectivity index (χ3v) is 19.4. The van der Waals surface area contributed by atoms with E-state index in [1.165, 1.54) is 0 Å². The van der Waals surface area contributed by atoms with Gasteiger partial charge >= 0.3 is 252 Å². The summed E-state index contributed by atoms with van der Waals surface area (Å²) >= 11 is -8.41. The Bertz CT molecular complexity index is 514. The molecule has 0 radical (unpaired) electrons. The van der Waals surface area contributed by atoms with Crippen molar-refractivity contribution in [1.29, 1.82) is 0 Å². The van der Waals surface area contributed by atoms with Crippen LogP contribution >= 0.6 is 0 Å². The van der Waals surface area contributed by atoms with Gasteiger partial charge in [-0.3, -0.25) is 0 Å². The van der Waals surface area contributed by atoms with Gasteiger partial charge in [0.1, 0.15) is 0 Å². The van der Waals surface area contributed by atoms with Gasteiger partial charge in [0.25, 0.3) is 0 Å². The van der Waals surface area contributed by atoms with Gasteiger partial charge in [-0.2, -0.15) is 0 Å². The monoisotopic (exact) mass is 690 g/mol. The summed E-state index contributed by atoms with van der Waals surface area (Å²) in [5, 5.41) is 0. The molecule has 0 atom stereocenters. The molecule has 0 N–H and O–H groups in total. The van der Waals surface area contributed by atoms with Crippen molar-refractivity contribution >= 4 is 0 Å². The maximum atomic E-state index is 7.24. The van der Waals surface area contributed by atoms with Crippen LogP contribution in [0, 0.1) is 0 Å². The van der Waals surface area contributed by atoms with E-state index in [1.54, 1.807) is 0 Å². The van der Waals surface area contributed by atoms with Crippen molar-refractivity contribution in [3.05, 3.63) is 0 Å². The standard InChI is InChI=1S/8C4H9O.Pd/c8*1-2-3-4-5;/h8*2-4H2,1H3;/q8*-1;+8. The van der Waals surface area contributed by atoms with E-state index in [9.17, 15) is 0 Å². The van der Waals surface area contributed by atoms with Crippen LogP contribution in [-0.2, 0) is 41.3 Å². The number of hydrogen-bond acceptors (Lipinski definition) is 8. The predicted octanol–water partition coefficient (Wildman–Crippen LogP) is 10.1. The minimum atomic E-state index is -8.41. The van der Waals surface area contributed by atoms with Gasteiger partial charge in [0.15, 0.2) is 0 Å². The Hall–Kier alpha value is 0.342. The zero-order valence-electron chi connectivity index (χ0n) is 28.6. The Morgan fingerprint density at radius 1 is 0.244 bits per heavy atom. The van der Waals surface area contributed by atoms with Gasteiger partial charge in [-0.1, -0.05) is 0 Å². The summed E-state index contributed by atoms with van der Waals surface area (Å²) in [6, 6.07) is 0. The fourth-order valence-corrected chi connectivity index (χ4v) is 16.4. The Labute approximate surface area is 251 Å². The molecule has 0 aromatic carbocycles. The Kier molecular flexibility index (Phi) is 17.3. The molecule has 9 heteroatoms. The van der Waals surface area contributed by atoms with Gasteiger partial charge in [-0.25, -0.2) is 0 Å². The predicted molar refractivity (Wildman–Crippen MR) is 167 cm³/mol. The van der Waals surface area contributed by atoms with Gasteiger partial charge in [0, 0.05) is 0 Å². The zero-order valence-corrected chi connectivity index (χ0v) is 30.1. The van der Waals surface area contributed by atoms with Crippen LogP contribution in [0.4, 0.5) is 0 Å². The summed E-state index contributed by atoms with van der Waals surface area (Å²) in [5.41, 5.74) is 0. The number of unbranched alkanes of at least 4 members (excludes halogenated alkanes) is 8. The van der Waals surface area contributed by atoms with Gasteiger partial charge < -0.3 is 0 Å². The fraction of sp³-hybridized carbons (Fsp3) is 1.00. The van der Waals surface area contributed by atoms with Crippen LogP contribution in [-0.4, -0.2) is 52.9 Å². The molecule has 0 saturated heterocycles. The number of rotatable bonds is 32. The van der Waals surface area contributed by atoms with E-state index in [0.29, 0.717) is 51.4 Å². The molecule has 0 aliphatic heterocycles. The Balaban J connectivity index is 8.41. The number of hydrogen-bond donors (Lipinski definition) is 0. The molecule has 0 amide bonds. The third-order valence-electron chi connectivity index (χ3n) is 6.59. The molecular formula is C32H72O8Pd. The Morgan fingerprint density at radius 3 is 0.463 bits per heavy atom. The van der Waals surface area contributed by atoms with Crippen molar-refractivity contribution in [3.8, 4) is 0 Å². The SMILES string of the molecule is CCCC[O][Pd]([O]CCCC)([O]CCCC)([O]CCCC)([O]CCCC)([O]CCCC)([O]CCCC)[O]CCCC. The van der Waals surface area contributed by atoms with E-state index < -0.39 is 13.6 Å². The van der Waals surface area contributed by atoms with Crippen molar-refractivity contribution in [3.63, 3.8) is 0 Å². The van der Waals surface area contributed by atoms with E-state index in [2.05, 4.69) is 55.4 Å². The van der Waals surface area contributed by atoms with Crippen molar-refractivity contribution < 1.29 is 41.3 Å². The van der Waals surface area contributed by atoms with Crippen molar-refractivity contribution in [2.45, 2.75) is 158 Å². The molecule has 0 fully saturated rings. The molecule has 0 rings (SSSR count). The topological polar surface area (TPSA) is 73.8 Å². The van der Waals surface area contributed by atoms with Crippen molar-refractivity contribution in [1.82, 2.24) is 0 Å². The van der Waals surface area contributed by atoms with Gasteiger partial charge in [0.05, 0.1) is 0 Å². The second-order valence-corrected chi connectivity index (χ2v) is 21.5. The van der Waals surface area contributed by atoms with Crippen LogP contribution in [0.25, 0.3) is 0 Å². The first kappa shape index (κ1) is 41.3. The summed E-state index contributed by atoms with van der Waals surface area (Å²) in [5.74, 6) is 0. The van der Waals surface area contributed by atoms with Crippen LogP contribution in [0.3, 0.4) is 0 Å². The molecule has 258 valence electrons. The average Bonchev–Trinajstić information content (AvgIpc) is 2.96. The summed E-state index contributed by atoms with van der Waals surface area (Å²) in [6.45, 7) is 18.3. The van der Waals surface area contributed by atoms with Crippen LogP contribution < -0.4 is 0 Å². The van der Waals surface area contributed by atoms with E-state index >= 15 is 0 Å². The molecule has 41 heavy (non-hydrogen) atoms. The van der Waals surface area contributed by atoms with E-state index in [0.717, 1.165) is 51.4 Å². The maximum absolute atomic E-state index is 8.41. The van der Waals surface area contributed by atoms with Crippen LogP contribution in [0.5, 0.6) is 0 Å². The van der Waals surface area contributed by atoms with Gasteiger partial charge in [0.2, 0.25) is 0 Å². The Morgan fingerprint density at radius 2 is 0.366 bits per heavy atom. The second kappa shape index (κ2) is 17.1. The summed E-state index contributed by atoms with van der Waals surface area (Å²) < 4.78 is 57.9. The molecule has 0 aliphatic rings. The van der Waals surface area contributed by atoms with Crippen LogP contribution in [0.1, 0.15) is 158 Å². The molecule has 0 saturated carbocycles. The first-order chi connectivity index (χ1) is 19.7. The molecule has 0 aromatic rings. The van der Waals surface area contributed by atoms with E-state index in [-0.39, 0.29) is 52.9 Å². The summed E-state index contributed by atoms with van der Waals surface area (Å²) in [7, 11) is 0. The normalized spacial score (nSPS) is 16.2. The minimum absolute atomic E-state index is 0.170. The van der Waals surface area contributed by atoms with Crippen molar-refractivity contribution in [2.75, 3.05) is 52.9 Å². The molecular weight excluding hydrogens is 619 g/mol. The second-order valence-electron chi connectivity index (χ2n) is 10.7. The molecule has 0 bridgehead atoms. The van der Waals surface area contributed by atoms with Crippen molar-refractivity contribution in [2.24, 2.45) is 0 Å². The van der Waals surface area contributed by atoms with E-state index in [1.807, 2.05) is 0 Å². The molecule has 0 unspecified atom stereocenters. The van der Waals surface area contributed by atoms with E-state index in [4.69, 9.17) is 27.7 Å². The third kappa shape index (κ3) is 9.19. The van der Waals surface area contributed by atoms with Crippen LogP contribution in [0.15, 0.2) is 0 Å². The quantitative estimate of drug-likeness (QED) is 0.0510.